The van der Waals surface area contributed by atoms with E-state index in [0.29, 0.717) is 6.10 Å². The lowest BCUT2D eigenvalue weighted by molar-refractivity contribution is 0.207. The number of benzene rings is 1. The third-order valence-electron chi connectivity index (χ3n) is 2.78. The highest BCUT2D eigenvalue weighted by atomic mass is 35.5. The minimum absolute atomic E-state index is 0. The molecule has 0 saturated carbocycles. The second-order valence-corrected chi connectivity index (χ2v) is 4.90. The molecule has 0 aliphatic carbocycles. The second-order valence-electron chi connectivity index (χ2n) is 4.90. The molecule has 0 aromatic heterocycles. The van der Waals surface area contributed by atoms with E-state index in [9.17, 15) is 0 Å². The van der Waals surface area contributed by atoms with Gasteiger partial charge in [-0.25, -0.2) is 0 Å². The van der Waals surface area contributed by atoms with Crippen LogP contribution in [-0.4, -0.2) is 12.1 Å². The van der Waals surface area contributed by atoms with E-state index in [2.05, 4.69) is 26.0 Å². The Balaban J connectivity index is 0.00000289. The number of nitrogens with two attached hydrogens (primary N) is 1. The monoisotopic (exact) mass is 271 g/mol. The van der Waals surface area contributed by atoms with Crippen molar-refractivity contribution in [1.29, 1.82) is 0 Å². The van der Waals surface area contributed by atoms with Crippen molar-refractivity contribution in [2.24, 2.45) is 5.73 Å². The van der Waals surface area contributed by atoms with Crippen molar-refractivity contribution in [2.45, 2.75) is 58.6 Å². The number of unbranched alkanes of at least 4 members (excludes halogenated alkanes) is 1. The standard InChI is InChI=1S/C15H25NO.ClH/c1-4-5-6-13(3)17-15-9-7-14(8-10-15)11-12(2)16;/h7-10,12-13H,4-6,11,16H2,1-3H3;1H. The van der Waals surface area contributed by atoms with Crippen LogP contribution in [0.2, 0.25) is 0 Å². The molecule has 0 aliphatic heterocycles. The summed E-state index contributed by atoms with van der Waals surface area (Å²) in [5.41, 5.74) is 7.04. The Bertz CT molecular complexity index is 311. The average molecular weight is 272 g/mol. The maximum Gasteiger partial charge on any atom is 0.119 e. The number of halogens is 1. The number of rotatable bonds is 7. The van der Waals surface area contributed by atoms with Crippen LogP contribution < -0.4 is 10.5 Å². The zero-order valence-corrected chi connectivity index (χ0v) is 12.5. The molecule has 3 heteroatoms. The van der Waals surface area contributed by atoms with Gasteiger partial charge in [0.15, 0.2) is 0 Å². The molecule has 2 nitrogen and oxygen atoms in total. The fraction of sp³-hybridized carbons (Fsp3) is 0.600. The van der Waals surface area contributed by atoms with Crippen LogP contribution in [0.15, 0.2) is 24.3 Å². The Morgan fingerprint density at radius 2 is 1.78 bits per heavy atom. The van der Waals surface area contributed by atoms with Gasteiger partial charge in [0, 0.05) is 6.04 Å². The molecule has 0 spiro atoms. The molecule has 0 bridgehead atoms. The van der Waals surface area contributed by atoms with Crippen LogP contribution in [0.4, 0.5) is 0 Å². The summed E-state index contributed by atoms with van der Waals surface area (Å²) in [5.74, 6) is 0.960. The zero-order chi connectivity index (χ0) is 12.7. The summed E-state index contributed by atoms with van der Waals surface area (Å²) in [4.78, 5) is 0. The van der Waals surface area contributed by atoms with Crippen LogP contribution in [0.25, 0.3) is 0 Å². The molecule has 0 saturated heterocycles. The van der Waals surface area contributed by atoms with Gasteiger partial charge in [-0.2, -0.15) is 0 Å². The van der Waals surface area contributed by atoms with E-state index in [1.165, 1.54) is 18.4 Å². The summed E-state index contributed by atoms with van der Waals surface area (Å²) in [5, 5.41) is 0. The average Bonchev–Trinajstić information content (AvgIpc) is 2.28. The lowest BCUT2D eigenvalue weighted by atomic mass is 10.1. The highest BCUT2D eigenvalue weighted by molar-refractivity contribution is 5.85. The zero-order valence-electron chi connectivity index (χ0n) is 11.7. The summed E-state index contributed by atoms with van der Waals surface area (Å²) < 4.78 is 5.85. The quantitative estimate of drug-likeness (QED) is 0.815. The van der Waals surface area contributed by atoms with Crippen LogP contribution in [0.3, 0.4) is 0 Å². The third-order valence-corrected chi connectivity index (χ3v) is 2.78. The van der Waals surface area contributed by atoms with Gasteiger partial charge in [-0.05, 0) is 44.4 Å². The summed E-state index contributed by atoms with van der Waals surface area (Å²) in [6.07, 6.45) is 4.79. The first-order valence-electron chi connectivity index (χ1n) is 6.63. The maximum atomic E-state index is 5.85. The SMILES string of the molecule is CCCCC(C)Oc1ccc(CC(C)N)cc1.Cl. The van der Waals surface area contributed by atoms with Crippen molar-refractivity contribution in [3.05, 3.63) is 29.8 Å². The van der Waals surface area contributed by atoms with Gasteiger partial charge >= 0.3 is 0 Å². The number of ether oxygens (including phenoxy) is 1. The van der Waals surface area contributed by atoms with E-state index < -0.39 is 0 Å². The molecule has 1 rings (SSSR count). The first-order valence-corrected chi connectivity index (χ1v) is 6.63. The van der Waals surface area contributed by atoms with Crippen LogP contribution in [0.1, 0.15) is 45.6 Å². The molecule has 2 unspecified atom stereocenters. The topological polar surface area (TPSA) is 35.2 Å². The minimum Gasteiger partial charge on any atom is -0.491 e. The van der Waals surface area contributed by atoms with Crippen molar-refractivity contribution < 1.29 is 4.74 Å². The van der Waals surface area contributed by atoms with Crippen molar-refractivity contribution in [2.75, 3.05) is 0 Å². The van der Waals surface area contributed by atoms with E-state index in [0.717, 1.165) is 18.6 Å². The van der Waals surface area contributed by atoms with Crippen LogP contribution in [0.5, 0.6) is 5.75 Å². The summed E-state index contributed by atoms with van der Waals surface area (Å²) in [6.45, 7) is 6.36. The van der Waals surface area contributed by atoms with Gasteiger partial charge < -0.3 is 10.5 Å². The molecule has 104 valence electrons. The van der Waals surface area contributed by atoms with Crippen LogP contribution in [0, 0.1) is 0 Å². The molecule has 0 radical (unpaired) electrons. The number of hydrogen-bond donors (Lipinski definition) is 1. The van der Waals surface area contributed by atoms with Gasteiger partial charge in [0.2, 0.25) is 0 Å². The van der Waals surface area contributed by atoms with E-state index >= 15 is 0 Å². The fourth-order valence-electron chi connectivity index (χ4n) is 1.86. The third kappa shape index (κ3) is 6.87. The van der Waals surface area contributed by atoms with Crippen molar-refractivity contribution >= 4 is 12.4 Å². The van der Waals surface area contributed by atoms with E-state index in [-0.39, 0.29) is 18.4 Å². The van der Waals surface area contributed by atoms with Gasteiger partial charge in [-0.15, -0.1) is 12.4 Å². The first kappa shape index (κ1) is 17.3. The van der Waals surface area contributed by atoms with Gasteiger partial charge in [0.25, 0.3) is 0 Å². The lowest BCUT2D eigenvalue weighted by Crippen LogP contribution is -2.17. The largest absolute Gasteiger partial charge is 0.491 e. The van der Waals surface area contributed by atoms with Crippen molar-refractivity contribution in [1.82, 2.24) is 0 Å². The predicted molar refractivity (Wildman–Crippen MR) is 80.7 cm³/mol. The highest BCUT2D eigenvalue weighted by Crippen LogP contribution is 2.16. The Kier molecular flexibility index (Phi) is 8.86. The van der Waals surface area contributed by atoms with Gasteiger partial charge in [0.05, 0.1) is 6.10 Å². The lowest BCUT2D eigenvalue weighted by Gasteiger charge is -2.14. The Hall–Kier alpha value is -0.730. The maximum absolute atomic E-state index is 5.85. The summed E-state index contributed by atoms with van der Waals surface area (Å²) in [7, 11) is 0. The van der Waals surface area contributed by atoms with Gasteiger partial charge in [-0.1, -0.05) is 31.9 Å². The molecular formula is C15H26ClNO. The molecule has 2 atom stereocenters. The summed E-state index contributed by atoms with van der Waals surface area (Å²) >= 11 is 0. The van der Waals surface area contributed by atoms with Crippen LogP contribution >= 0.6 is 12.4 Å². The minimum atomic E-state index is 0. The van der Waals surface area contributed by atoms with E-state index in [4.69, 9.17) is 10.5 Å². The molecule has 1 aromatic carbocycles. The molecule has 0 heterocycles. The molecule has 0 aliphatic rings. The molecule has 1 aromatic rings. The smallest absolute Gasteiger partial charge is 0.119 e. The first-order chi connectivity index (χ1) is 8.11. The molecule has 0 amide bonds. The molecule has 18 heavy (non-hydrogen) atoms. The normalized spacial score (nSPS) is 13.6. The Morgan fingerprint density at radius 1 is 1.17 bits per heavy atom. The molecule has 0 fully saturated rings. The van der Waals surface area contributed by atoms with E-state index in [1.54, 1.807) is 0 Å². The second kappa shape index (κ2) is 9.23. The summed E-state index contributed by atoms with van der Waals surface area (Å²) in [6, 6.07) is 8.50. The van der Waals surface area contributed by atoms with Gasteiger partial charge in [-0.3, -0.25) is 0 Å². The molecular weight excluding hydrogens is 246 g/mol. The fourth-order valence-corrected chi connectivity index (χ4v) is 1.86. The van der Waals surface area contributed by atoms with Crippen molar-refractivity contribution in [3.63, 3.8) is 0 Å². The highest BCUT2D eigenvalue weighted by Gasteiger charge is 2.04. The van der Waals surface area contributed by atoms with E-state index in [1.807, 2.05) is 19.1 Å². The molecule has 2 N–H and O–H groups in total. The van der Waals surface area contributed by atoms with Gasteiger partial charge in [0.1, 0.15) is 5.75 Å². The number of hydrogen-bond acceptors (Lipinski definition) is 2. The van der Waals surface area contributed by atoms with Crippen molar-refractivity contribution in [3.8, 4) is 5.75 Å². The Labute approximate surface area is 117 Å². The van der Waals surface area contributed by atoms with Crippen LogP contribution in [-0.2, 0) is 6.42 Å². The Morgan fingerprint density at radius 3 is 2.28 bits per heavy atom. The predicted octanol–water partition coefficient (Wildman–Crippen LogP) is 3.96.